The number of likely N-dealkylation sites (N-methyl/N-ethyl adjacent to an activating group) is 1. The van der Waals surface area contributed by atoms with Gasteiger partial charge >= 0.3 is 18.1 Å². The van der Waals surface area contributed by atoms with Gasteiger partial charge in [-0.3, -0.25) is 33.9 Å². The third-order valence-corrected chi connectivity index (χ3v) is 10.8. The maximum Gasteiger partial charge on any atom is 0.471 e. The quantitative estimate of drug-likeness (QED) is 0.344. The van der Waals surface area contributed by atoms with Crippen molar-refractivity contribution in [2.24, 2.45) is 0 Å². The number of hydrogen-bond acceptors (Lipinski definition) is 11. The number of rotatable bonds is 6. The Bertz CT molecular complexity index is 1930. The molecule has 1 fully saturated rings. The molecule has 2 aromatic carbocycles. The molecule has 0 saturated carbocycles. The number of carbonyl (C=O) groups excluding carboxylic acids is 4. The van der Waals surface area contributed by atoms with Crippen LogP contribution < -0.4 is 24.3 Å². The number of alkyl halides is 3. The first-order valence-electron chi connectivity index (χ1n) is 16.8. The average Bonchev–Trinajstić information content (AvgIpc) is 3.55. The summed E-state index contributed by atoms with van der Waals surface area (Å²) in [5, 5.41) is 13.5. The van der Waals surface area contributed by atoms with Crippen molar-refractivity contribution in [2.45, 2.75) is 96.8 Å². The molecule has 2 bridgehead atoms. The van der Waals surface area contributed by atoms with Gasteiger partial charge in [-0.25, -0.2) is 0 Å². The van der Waals surface area contributed by atoms with Gasteiger partial charge in [0, 0.05) is 49.2 Å². The number of benzene rings is 2. The molecule has 4 aliphatic rings. The highest BCUT2D eigenvalue weighted by molar-refractivity contribution is 6.01. The normalized spacial score (nSPS) is 23.7. The Morgan fingerprint density at radius 1 is 1.06 bits per heavy atom. The summed E-state index contributed by atoms with van der Waals surface area (Å²) >= 11 is 0. The zero-order valence-electron chi connectivity index (χ0n) is 30.1. The molecule has 4 aliphatic heterocycles. The van der Waals surface area contributed by atoms with Gasteiger partial charge in [0.05, 0.1) is 25.3 Å². The smallest absolute Gasteiger partial charge is 0.471 e. The molecule has 278 valence electrons. The molecule has 52 heavy (non-hydrogen) atoms. The van der Waals surface area contributed by atoms with Crippen LogP contribution in [0, 0.1) is 32.1 Å². The topological polar surface area (TPSA) is 151 Å². The minimum absolute atomic E-state index is 0.128. The summed E-state index contributed by atoms with van der Waals surface area (Å²) in [5.41, 5.74) is 5.61. The van der Waals surface area contributed by atoms with E-state index in [1.54, 1.807) is 14.0 Å². The third-order valence-electron chi connectivity index (χ3n) is 10.8. The van der Waals surface area contributed by atoms with Crippen molar-refractivity contribution in [3.05, 3.63) is 45.0 Å². The fourth-order valence-corrected chi connectivity index (χ4v) is 8.84. The zero-order valence-corrected chi connectivity index (χ0v) is 30.1. The molecule has 16 heteroatoms. The lowest BCUT2D eigenvalue weighted by atomic mass is 9.71. The summed E-state index contributed by atoms with van der Waals surface area (Å²) in [7, 11) is 3.57. The monoisotopic (exact) mass is 727 g/mol. The predicted octanol–water partition coefficient (Wildman–Crippen LogP) is 3.49. The Morgan fingerprint density at radius 2 is 1.73 bits per heavy atom. The predicted molar refractivity (Wildman–Crippen MR) is 177 cm³/mol. The average molecular weight is 728 g/mol. The Kier molecular flexibility index (Phi) is 9.41. The van der Waals surface area contributed by atoms with Crippen LogP contribution in [0.25, 0.3) is 0 Å². The Morgan fingerprint density at radius 3 is 2.33 bits per heavy atom. The first kappa shape index (κ1) is 36.9. The van der Waals surface area contributed by atoms with Crippen molar-refractivity contribution in [2.75, 3.05) is 27.5 Å². The van der Waals surface area contributed by atoms with E-state index in [4.69, 9.17) is 18.9 Å². The lowest BCUT2D eigenvalue weighted by molar-refractivity contribution is -0.190. The summed E-state index contributed by atoms with van der Waals surface area (Å²) in [6.45, 7) is 8.34. The summed E-state index contributed by atoms with van der Waals surface area (Å²) in [5.74, 6) is -3.69. The maximum atomic E-state index is 13.6. The fourth-order valence-electron chi connectivity index (χ4n) is 8.84. The van der Waals surface area contributed by atoms with Crippen molar-refractivity contribution in [1.29, 1.82) is 5.26 Å². The molecule has 0 spiro atoms. The third kappa shape index (κ3) is 5.70. The van der Waals surface area contributed by atoms with Gasteiger partial charge in [0.25, 0.3) is 0 Å². The number of carbonyl (C=O) groups is 4. The molecule has 0 aliphatic carbocycles. The first-order chi connectivity index (χ1) is 24.4. The largest absolute Gasteiger partial charge is 0.496 e. The van der Waals surface area contributed by atoms with Gasteiger partial charge in [0.1, 0.15) is 23.6 Å². The van der Waals surface area contributed by atoms with E-state index in [1.807, 2.05) is 25.8 Å². The first-order valence-corrected chi connectivity index (χ1v) is 16.8. The van der Waals surface area contributed by atoms with Gasteiger partial charge in [-0.05, 0) is 69.8 Å². The van der Waals surface area contributed by atoms with Crippen LogP contribution in [0.3, 0.4) is 0 Å². The fraction of sp³-hybridized carbons (Fsp3) is 0.528. The molecular weight excluding hydrogens is 687 g/mol. The molecule has 6 atom stereocenters. The summed E-state index contributed by atoms with van der Waals surface area (Å²) in [6.07, 6.45) is -4.59. The van der Waals surface area contributed by atoms with Crippen molar-refractivity contribution in [3.8, 4) is 29.1 Å². The van der Waals surface area contributed by atoms with E-state index >= 15 is 0 Å². The summed E-state index contributed by atoms with van der Waals surface area (Å²) in [4.78, 5) is 54.6. The molecule has 1 N–H and O–H groups in total. The van der Waals surface area contributed by atoms with Gasteiger partial charge in [0.15, 0.2) is 11.5 Å². The summed E-state index contributed by atoms with van der Waals surface area (Å²) < 4.78 is 63.8. The van der Waals surface area contributed by atoms with Crippen molar-refractivity contribution >= 4 is 23.7 Å². The number of piperazine rings is 1. The van der Waals surface area contributed by atoms with Crippen LogP contribution in [0.1, 0.15) is 71.8 Å². The lowest BCUT2D eigenvalue weighted by Gasteiger charge is -2.60. The second-order valence-corrected chi connectivity index (χ2v) is 13.7. The van der Waals surface area contributed by atoms with E-state index in [-0.39, 0.29) is 42.5 Å². The van der Waals surface area contributed by atoms with Gasteiger partial charge in [-0.1, -0.05) is 6.07 Å². The number of hydrogen-bond donors (Lipinski definition) is 1. The van der Waals surface area contributed by atoms with Crippen LogP contribution in [0.5, 0.6) is 23.0 Å². The van der Waals surface area contributed by atoms with Crippen LogP contribution in [0.2, 0.25) is 0 Å². The summed E-state index contributed by atoms with van der Waals surface area (Å²) in [6, 6.07) is 0.0527. The maximum absolute atomic E-state index is 13.6. The molecule has 6 rings (SSSR count). The van der Waals surface area contributed by atoms with Gasteiger partial charge in [-0.2, -0.15) is 18.4 Å². The SMILES string of the molecule is COc1c(C)cc2c(c1C)[C@@H]1C3Cc4c(OC(C)=O)c(C)c5c(c4[C@H](CNC(=O)[C@@H](C)N(C(C)=O)C(=O)C(F)(F)F)N3[C@@H](C#N)[C@@H](C2)N1C)OCO5. The Hall–Kier alpha value is -4.88. The highest BCUT2D eigenvalue weighted by Gasteiger charge is 2.57. The number of halogens is 3. The number of aryl methyl sites for hydroxylation is 1. The molecule has 1 unspecified atom stereocenters. The standard InChI is InChI=1S/C36H40F3N5O8/c1-15-9-21-10-23-25(12-40)44-24(29(42(23)7)27(21)16(2)30(15)49-8)11-22-28(33-32(50-14-51-33)17(3)31(22)52-20(6)46)26(44)13-41-34(47)18(4)43(19(5)45)35(48)36(37,38)39/h9,18,23-26,29H,10-11,13-14H2,1-8H3,(H,41,47)/t18-,23-,24?,25+,26+,29+/m1/s1. The molecule has 0 radical (unpaired) electrons. The van der Waals surface area contributed by atoms with E-state index in [2.05, 4.69) is 22.4 Å². The van der Waals surface area contributed by atoms with Gasteiger partial charge < -0.3 is 24.3 Å². The van der Waals surface area contributed by atoms with Crippen molar-refractivity contribution < 1.29 is 51.3 Å². The number of ether oxygens (including phenoxy) is 4. The van der Waals surface area contributed by atoms with Gasteiger partial charge in [-0.15, -0.1) is 0 Å². The highest BCUT2D eigenvalue weighted by atomic mass is 19.4. The Balaban J connectivity index is 1.53. The minimum atomic E-state index is -5.40. The van der Waals surface area contributed by atoms with Crippen molar-refractivity contribution in [3.63, 3.8) is 0 Å². The number of methoxy groups -OCH3 is 1. The van der Waals surface area contributed by atoms with Crippen LogP contribution in [-0.4, -0.2) is 96.2 Å². The van der Waals surface area contributed by atoms with E-state index in [9.17, 15) is 37.6 Å². The number of nitriles is 1. The minimum Gasteiger partial charge on any atom is -0.496 e. The molecule has 13 nitrogen and oxygen atoms in total. The van der Waals surface area contributed by atoms with Crippen LogP contribution in [0.15, 0.2) is 6.07 Å². The van der Waals surface area contributed by atoms with Crippen molar-refractivity contribution in [1.82, 2.24) is 20.0 Å². The molecule has 3 amide bonds. The number of imide groups is 1. The molecule has 4 heterocycles. The van der Waals surface area contributed by atoms with E-state index in [0.29, 0.717) is 34.6 Å². The van der Waals surface area contributed by atoms with Crippen LogP contribution >= 0.6 is 0 Å². The Labute approximate surface area is 298 Å². The molecule has 0 aromatic heterocycles. The van der Waals surface area contributed by atoms with Crippen LogP contribution in [-0.2, 0) is 32.0 Å². The highest BCUT2D eigenvalue weighted by Crippen LogP contribution is 2.57. The molecule has 1 saturated heterocycles. The van der Waals surface area contributed by atoms with E-state index in [0.717, 1.165) is 41.9 Å². The van der Waals surface area contributed by atoms with E-state index in [1.165, 1.54) is 6.92 Å². The number of amides is 3. The molecule has 2 aromatic rings. The number of nitrogens with zero attached hydrogens (tertiary/aromatic N) is 4. The molecular formula is C36H40F3N5O8. The van der Waals surface area contributed by atoms with Gasteiger partial charge in [0.2, 0.25) is 18.6 Å². The lowest BCUT2D eigenvalue weighted by Crippen LogP contribution is -2.69. The number of fused-ring (bicyclic) bond motifs is 9. The number of esters is 1. The van der Waals surface area contributed by atoms with Crippen LogP contribution in [0.4, 0.5) is 13.2 Å². The van der Waals surface area contributed by atoms with E-state index < -0.39 is 54.0 Å². The number of nitrogens with one attached hydrogen (secondary N) is 1. The zero-order chi connectivity index (χ0) is 38.1. The second-order valence-electron chi connectivity index (χ2n) is 13.7. The second kappa shape index (κ2) is 13.3.